The van der Waals surface area contributed by atoms with E-state index >= 15 is 0 Å². The van der Waals surface area contributed by atoms with Gasteiger partial charge < -0.3 is 10.2 Å². The van der Waals surface area contributed by atoms with Crippen molar-refractivity contribution in [2.75, 3.05) is 44.2 Å². The van der Waals surface area contributed by atoms with Gasteiger partial charge in [-0.1, -0.05) is 29.8 Å². The molecule has 0 aliphatic carbocycles. The molecule has 2 aliphatic rings. The predicted octanol–water partition coefficient (Wildman–Crippen LogP) is 1.51. The lowest BCUT2D eigenvalue weighted by Crippen LogP contribution is -2.42. The first kappa shape index (κ1) is 18.3. The van der Waals surface area contributed by atoms with Crippen LogP contribution in [0.3, 0.4) is 0 Å². The summed E-state index contributed by atoms with van der Waals surface area (Å²) in [5.74, 6) is 2.46. The molecule has 0 bridgehead atoms. The normalized spacial score (nSPS) is 21.3. The number of carbonyl (C=O) groups is 2. The van der Waals surface area contributed by atoms with Crippen LogP contribution >= 0.6 is 11.8 Å². The first-order valence-electron chi connectivity index (χ1n) is 9.03. The highest BCUT2D eigenvalue weighted by Crippen LogP contribution is 2.20. The molecule has 0 radical (unpaired) electrons. The van der Waals surface area contributed by atoms with Gasteiger partial charge in [0.1, 0.15) is 0 Å². The van der Waals surface area contributed by atoms with Crippen molar-refractivity contribution in [1.29, 1.82) is 0 Å². The van der Waals surface area contributed by atoms with Crippen molar-refractivity contribution in [3.8, 4) is 0 Å². The molecule has 25 heavy (non-hydrogen) atoms. The van der Waals surface area contributed by atoms with Crippen LogP contribution in [0.1, 0.15) is 17.5 Å². The second-order valence-corrected chi connectivity index (χ2v) is 8.15. The number of likely N-dealkylation sites (tertiary alicyclic amines) is 1. The van der Waals surface area contributed by atoms with Crippen LogP contribution in [0.2, 0.25) is 0 Å². The molecule has 6 heteroatoms. The van der Waals surface area contributed by atoms with E-state index in [9.17, 15) is 9.59 Å². The largest absolute Gasteiger partial charge is 0.351 e. The molecule has 1 aromatic rings. The average Bonchev–Trinajstić information content (AvgIpc) is 3.10. The Labute approximate surface area is 154 Å². The second-order valence-electron chi connectivity index (χ2n) is 6.92. The van der Waals surface area contributed by atoms with E-state index in [-0.39, 0.29) is 17.7 Å². The Balaban J connectivity index is 1.40. The number of hydrogen-bond donors (Lipinski definition) is 1. The standard InChI is InChI=1S/C19H27N3O2S/c1-15-2-4-16(5-3-15)12-20-18(23)14-21-7-6-17(13-21)19(24)22-8-10-25-11-9-22/h2-5,17H,6-14H2,1H3,(H,20,23). The molecule has 3 rings (SSSR count). The molecule has 1 N–H and O–H groups in total. The van der Waals surface area contributed by atoms with Crippen molar-refractivity contribution in [2.24, 2.45) is 5.92 Å². The number of benzene rings is 1. The van der Waals surface area contributed by atoms with E-state index in [0.29, 0.717) is 19.6 Å². The van der Waals surface area contributed by atoms with Crippen molar-refractivity contribution in [3.05, 3.63) is 35.4 Å². The number of hydrogen-bond acceptors (Lipinski definition) is 4. The number of amides is 2. The van der Waals surface area contributed by atoms with E-state index in [1.54, 1.807) is 0 Å². The summed E-state index contributed by atoms with van der Waals surface area (Å²) in [4.78, 5) is 28.8. The number of rotatable bonds is 5. The van der Waals surface area contributed by atoms with Gasteiger partial charge in [0.15, 0.2) is 0 Å². The van der Waals surface area contributed by atoms with Gasteiger partial charge >= 0.3 is 0 Å². The summed E-state index contributed by atoms with van der Waals surface area (Å²) in [6.07, 6.45) is 0.869. The summed E-state index contributed by atoms with van der Waals surface area (Å²) in [5, 5.41) is 2.97. The minimum Gasteiger partial charge on any atom is -0.351 e. The fraction of sp³-hybridized carbons (Fsp3) is 0.579. The number of nitrogens with one attached hydrogen (secondary N) is 1. The zero-order chi connectivity index (χ0) is 17.6. The first-order chi connectivity index (χ1) is 12.1. The Morgan fingerprint density at radius 1 is 1.16 bits per heavy atom. The quantitative estimate of drug-likeness (QED) is 0.864. The molecule has 0 aromatic heterocycles. The van der Waals surface area contributed by atoms with Crippen LogP contribution in [-0.4, -0.2) is 65.8 Å². The fourth-order valence-electron chi connectivity index (χ4n) is 3.39. The minimum absolute atomic E-state index is 0.0306. The van der Waals surface area contributed by atoms with Crippen molar-refractivity contribution in [3.63, 3.8) is 0 Å². The van der Waals surface area contributed by atoms with E-state index in [1.165, 1.54) is 5.56 Å². The van der Waals surface area contributed by atoms with E-state index in [4.69, 9.17) is 0 Å². The summed E-state index contributed by atoms with van der Waals surface area (Å²) in [5.41, 5.74) is 2.33. The van der Waals surface area contributed by atoms with Gasteiger partial charge in [0.2, 0.25) is 11.8 Å². The fourth-order valence-corrected chi connectivity index (χ4v) is 4.29. The highest BCUT2D eigenvalue weighted by Gasteiger charge is 2.32. The van der Waals surface area contributed by atoms with Crippen LogP contribution in [0.5, 0.6) is 0 Å². The third-order valence-corrected chi connectivity index (χ3v) is 5.86. The summed E-state index contributed by atoms with van der Waals surface area (Å²) < 4.78 is 0. The van der Waals surface area contributed by atoms with Gasteiger partial charge in [-0.25, -0.2) is 0 Å². The van der Waals surface area contributed by atoms with Gasteiger partial charge in [-0.3, -0.25) is 14.5 Å². The highest BCUT2D eigenvalue weighted by molar-refractivity contribution is 7.99. The summed E-state index contributed by atoms with van der Waals surface area (Å²) in [7, 11) is 0. The van der Waals surface area contributed by atoms with Gasteiger partial charge in [0.25, 0.3) is 0 Å². The molecular formula is C19H27N3O2S. The van der Waals surface area contributed by atoms with Crippen molar-refractivity contribution in [2.45, 2.75) is 19.9 Å². The molecule has 2 aliphatic heterocycles. The maximum absolute atomic E-state index is 12.6. The monoisotopic (exact) mass is 361 g/mol. The molecule has 1 aromatic carbocycles. The average molecular weight is 362 g/mol. The third kappa shape index (κ3) is 5.22. The second kappa shape index (κ2) is 8.72. The van der Waals surface area contributed by atoms with Gasteiger partial charge in [-0.2, -0.15) is 11.8 Å². The Kier molecular flexibility index (Phi) is 6.37. The van der Waals surface area contributed by atoms with Crippen molar-refractivity contribution >= 4 is 23.6 Å². The zero-order valence-corrected chi connectivity index (χ0v) is 15.7. The van der Waals surface area contributed by atoms with Crippen LogP contribution in [0, 0.1) is 12.8 Å². The lowest BCUT2D eigenvalue weighted by molar-refractivity contribution is -0.135. The molecule has 1 atom stereocenters. The highest BCUT2D eigenvalue weighted by atomic mass is 32.2. The van der Waals surface area contributed by atoms with Crippen LogP contribution in [0.25, 0.3) is 0 Å². The predicted molar refractivity (Wildman–Crippen MR) is 101 cm³/mol. The van der Waals surface area contributed by atoms with Crippen LogP contribution in [-0.2, 0) is 16.1 Å². The van der Waals surface area contributed by atoms with Gasteiger partial charge in [-0.05, 0) is 25.5 Å². The number of nitrogens with zero attached hydrogens (tertiary/aromatic N) is 2. The van der Waals surface area contributed by atoms with Gasteiger partial charge in [0.05, 0.1) is 12.5 Å². The summed E-state index contributed by atoms with van der Waals surface area (Å²) in [6.45, 7) is 6.27. The lowest BCUT2D eigenvalue weighted by Gasteiger charge is -2.28. The topological polar surface area (TPSA) is 52.7 Å². The Bertz CT molecular complexity index is 599. The molecule has 5 nitrogen and oxygen atoms in total. The van der Waals surface area contributed by atoms with Gasteiger partial charge in [-0.15, -0.1) is 0 Å². The molecule has 2 saturated heterocycles. The molecule has 2 amide bonds. The molecule has 136 valence electrons. The van der Waals surface area contributed by atoms with Gasteiger partial charge in [0, 0.05) is 37.7 Å². The Morgan fingerprint density at radius 2 is 1.88 bits per heavy atom. The Morgan fingerprint density at radius 3 is 2.60 bits per heavy atom. The molecule has 0 spiro atoms. The minimum atomic E-state index is 0.0306. The third-order valence-electron chi connectivity index (χ3n) is 4.92. The Hall–Kier alpha value is -1.53. The van der Waals surface area contributed by atoms with Crippen molar-refractivity contribution in [1.82, 2.24) is 15.1 Å². The maximum Gasteiger partial charge on any atom is 0.234 e. The molecule has 2 fully saturated rings. The van der Waals surface area contributed by atoms with Crippen LogP contribution in [0.4, 0.5) is 0 Å². The number of aryl methyl sites for hydroxylation is 1. The van der Waals surface area contributed by atoms with E-state index in [0.717, 1.165) is 43.1 Å². The lowest BCUT2D eigenvalue weighted by atomic mass is 10.1. The maximum atomic E-state index is 12.6. The molecule has 2 heterocycles. The smallest absolute Gasteiger partial charge is 0.234 e. The summed E-state index contributed by atoms with van der Waals surface area (Å²) in [6, 6.07) is 8.18. The van der Waals surface area contributed by atoms with Crippen LogP contribution in [0.15, 0.2) is 24.3 Å². The molecular weight excluding hydrogens is 334 g/mol. The van der Waals surface area contributed by atoms with E-state index in [1.807, 2.05) is 28.8 Å². The number of carbonyl (C=O) groups excluding carboxylic acids is 2. The van der Waals surface area contributed by atoms with Crippen LogP contribution < -0.4 is 5.32 Å². The summed E-state index contributed by atoms with van der Waals surface area (Å²) >= 11 is 1.91. The van der Waals surface area contributed by atoms with Crippen molar-refractivity contribution < 1.29 is 9.59 Å². The number of thioether (sulfide) groups is 1. The SMILES string of the molecule is Cc1ccc(CNC(=O)CN2CCC(C(=O)N3CCSCC3)C2)cc1. The van der Waals surface area contributed by atoms with E-state index < -0.39 is 0 Å². The molecule has 1 unspecified atom stereocenters. The first-order valence-corrected chi connectivity index (χ1v) is 10.2. The van der Waals surface area contributed by atoms with E-state index in [2.05, 4.69) is 29.3 Å². The molecule has 0 saturated carbocycles. The zero-order valence-electron chi connectivity index (χ0n) is 14.9.